The summed E-state index contributed by atoms with van der Waals surface area (Å²) in [6, 6.07) is 1.44. The Morgan fingerprint density at radius 3 is 2.80 bits per heavy atom. The molecule has 0 bridgehead atoms. The summed E-state index contributed by atoms with van der Waals surface area (Å²) in [4.78, 5) is 6.99. The molecule has 1 aromatic heterocycles. The zero-order chi connectivity index (χ0) is 7.56. The molecule has 1 rings (SSSR count). The van der Waals surface area contributed by atoms with Gasteiger partial charge in [-0.1, -0.05) is 0 Å². The van der Waals surface area contributed by atoms with Crippen LogP contribution in [0.1, 0.15) is 0 Å². The maximum absolute atomic E-state index is 10.3. The van der Waals surface area contributed by atoms with Gasteiger partial charge in [-0.15, -0.1) is 0 Å². The molecule has 1 unspecified atom stereocenters. The molecule has 0 aliphatic carbocycles. The van der Waals surface area contributed by atoms with Crippen LogP contribution in [0.2, 0.25) is 0 Å². The normalized spacial score (nSPS) is 12.9. The van der Waals surface area contributed by atoms with E-state index in [1.807, 2.05) is 0 Å². The Balaban J connectivity index is 3.07. The third-order valence-corrected chi connectivity index (χ3v) is 1.32. The van der Waals surface area contributed by atoms with Crippen LogP contribution in [-0.4, -0.2) is 18.7 Å². The summed E-state index contributed by atoms with van der Waals surface area (Å²) >= 11 is -2.14. The second-order valence-corrected chi connectivity index (χ2v) is 2.38. The van der Waals surface area contributed by atoms with Crippen LogP contribution in [0.15, 0.2) is 17.4 Å². The number of rotatable bonds is 1. The van der Waals surface area contributed by atoms with Crippen molar-refractivity contribution in [3.05, 3.63) is 12.3 Å². The van der Waals surface area contributed by atoms with Crippen LogP contribution < -0.4 is 5.73 Å². The molecule has 1 aromatic rings. The van der Waals surface area contributed by atoms with Crippen LogP contribution >= 0.6 is 0 Å². The van der Waals surface area contributed by atoms with Crippen molar-refractivity contribution < 1.29 is 8.76 Å². The van der Waals surface area contributed by atoms with Crippen LogP contribution in [0.3, 0.4) is 0 Å². The summed E-state index contributed by atoms with van der Waals surface area (Å²) < 4.78 is 18.7. The molecule has 0 saturated carbocycles. The molecule has 0 aliphatic heterocycles. The summed E-state index contributed by atoms with van der Waals surface area (Å²) in [6.07, 6.45) is 1.33. The number of nitrogens with zero attached hydrogens (tertiary/aromatic N) is 2. The number of hydrogen-bond donors (Lipinski definition) is 2. The standard InChI is InChI=1S/C4H5N3O2S/c5-3-1-2-6-4(7-3)10(8)9/h1-2H,(H,8,9)(H2,5,6,7). The van der Waals surface area contributed by atoms with Crippen LogP contribution in [-0.2, 0) is 11.1 Å². The minimum atomic E-state index is -2.14. The fourth-order valence-electron chi connectivity index (χ4n) is 0.438. The molecule has 0 fully saturated rings. The van der Waals surface area contributed by atoms with Crippen molar-refractivity contribution in [2.45, 2.75) is 5.16 Å². The van der Waals surface area contributed by atoms with E-state index < -0.39 is 11.1 Å². The smallest absolute Gasteiger partial charge is 0.248 e. The van der Waals surface area contributed by atoms with Crippen molar-refractivity contribution in [1.29, 1.82) is 0 Å². The molecule has 1 atom stereocenters. The SMILES string of the molecule is Nc1ccnc(S(=O)O)n1. The summed E-state index contributed by atoms with van der Waals surface area (Å²) in [5.41, 5.74) is 5.20. The Labute approximate surface area is 59.6 Å². The highest BCUT2D eigenvalue weighted by Gasteiger charge is 2.01. The Kier molecular flexibility index (Phi) is 1.93. The van der Waals surface area contributed by atoms with E-state index in [1.54, 1.807) is 0 Å². The van der Waals surface area contributed by atoms with E-state index in [4.69, 9.17) is 10.3 Å². The average molecular weight is 159 g/mol. The van der Waals surface area contributed by atoms with Gasteiger partial charge in [0.2, 0.25) is 16.2 Å². The zero-order valence-electron chi connectivity index (χ0n) is 4.89. The number of hydrogen-bond acceptors (Lipinski definition) is 4. The molecule has 0 amide bonds. The molecule has 10 heavy (non-hydrogen) atoms. The maximum Gasteiger partial charge on any atom is 0.248 e. The van der Waals surface area contributed by atoms with E-state index in [0.717, 1.165) is 0 Å². The lowest BCUT2D eigenvalue weighted by molar-refractivity contribution is 0.555. The van der Waals surface area contributed by atoms with Crippen LogP contribution in [0, 0.1) is 0 Å². The monoisotopic (exact) mass is 159 g/mol. The van der Waals surface area contributed by atoms with Gasteiger partial charge in [0, 0.05) is 6.20 Å². The maximum atomic E-state index is 10.3. The molecule has 0 aromatic carbocycles. The molecule has 5 nitrogen and oxygen atoms in total. The Morgan fingerprint density at radius 2 is 2.40 bits per heavy atom. The largest absolute Gasteiger partial charge is 0.384 e. The topological polar surface area (TPSA) is 89.1 Å². The van der Waals surface area contributed by atoms with Gasteiger partial charge in [-0.25, -0.2) is 14.2 Å². The minimum absolute atomic E-state index is 0.167. The van der Waals surface area contributed by atoms with Gasteiger partial charge in [0.1, 0.15) is 5.82 Å². The number of anilines is 1. The lowest BCUT2D eigenvalue weighted by atomic mass is 10.6. The van der Waals surface area contributed by atoms with Gasteiger partial charge < -0.3 is 5.73 Å². The van der Waals surface area contributed by atoms with E-state index >= 15 is 0 Å². The third kappa shape index (κ3) is 1.49. The molecular formula is C4H5N3O2S. The highest BCUT2D eigenvalue weighted by Crippen LogP contribution is 1.98. The first-order chi connectivity index (χ1) is 4.70. The number of nitrogens with two attached hydrogens (primary N) is 1. The first-order valence-corrected chi connectivity index (χ1v) is 3.50. The Bertz CT molecular complexity index is 264. The number of aromatic nitrogens is 2. The van der Waals surface area contributed by atoms with E-state index in [2.05, 4.69) is 9.97 Å². The Morgan fingerprint density at radius 1 is 1.70 bits per heavy atom. The molecule has 0 aliphatic rings. The minimum Gasteiger partial charge on any atom is -0.384 e. The molecule has 0 saturated heterocycles. The van der Waals surface area contributed by atoms with Crippen LogP contribution in [0.4, 0.5) is 5.82 Å². The zero-order valence-corrected chi connectivity index (χ0v) is 5.71. The van der Waals surface area contributed by atoms with Gasteiger partial charge in [-0.05, 0) is 6.07 Å². The first kappa shape index (κ1) is 7.10. The second-order valence-electron chi connectivity index (χ2n) is 1.51. The van der Waals surface area contributed by atoms with Crippen LogP contribution in [0.5, 0.6) is 0 Å². The molecule has 0 spiro atoms. The van der Waals surface area contributed by atoms with Gasteiger partial charge in [0.25, 0.3) is 0 Å². The lowest BCUT2D eigenvalue weighted by Gasteiger charge is -1.92. The van der Waals surface area contributed by atoms with E-state index in [1.165, 1.54) is 12.3 Å². The molecule has 0 radical (unpaired) electrons. The molecule has 54 valence electrons. The summed E-state index contributed by atoms with van der Waals surface area (Å²) in [6.45, 7) is 0. The molecule has 6 heteroatoms. The number of nitrogen functional groups attached to an aromatic ring is 1. The van der Waals surface area contributed by atoms with Crippen molar-refractivity contribution in [2.75, 3.05) is 5.73 Å². The quantitative estimate of drug-likeness (QED) is 0.431. The van der Waals surface area contributed by atoms with Gasteiger partial charge in [-0.2, -0.15) is 0 Å². The van der Waals surface area contributed by atoms with Gasteiger partial charge >= 0.3 is 0 Å². The van der Waals surface area contributed by atoms with Crippen molar-refractivity contribution in [2.24, 2.45) is 0 Å². The molecule has 3 N–H and O–H groups in total. The van der Waals surface area contributed by atoms with E-state index in [-0.39, 0.29) is 11.0 Å². The van der Waals surface area contributed by atoms with Crippen molar-refractivity contribution in [3.63, 3.8) is 0 Å². The van der Waals surface area contributed by atoms with Gasteiger partial charge in [-0.3, -0.25) is 4.55 Å². The van der Waals surface area contributed by atoms with E-state index in [0.29, 0.717) is 0 Å². The fourth-order valence-corrected chi connectivity index (χ4v) is 0.773. The van der Waals surface area contributed by atoms with Crippen molar-refractivity contribution in [3.8, 4) is 0 Å². The highest BCUT2D eigenvalue weighted by atomic mass is 32.2. The van der Waals surface area contributed by atoms with Crippen molar-refractivity contribution in [1.82, 2.24) is 9.97 Å². The van der Waals surface area contributed by atoms with Gasteiger partial charge in [0.15, 0.2) is 0 Å². The second kappa shape index (κ2) is 2.72. The van der Waals surface area contributed by atoms with E-state index in [9.17, 15) is 4.21 Å². The summed E-state index contributed by atoms with van der Waals surface area (Å²) in [5.74, 6) is 0.187. The van der Waals surface area contributed by atoms with Crippen LogP contribution in [0.25, 0.3) is 0 Å². The predicted molar refractivity (Wildman–Crippen MR) is 35.5 cm³/mol. The van der Waals surface area contributed by atoms with Crippen molar-refractivity contribution >= 4 is 16.9 Å². The molecule has 1 heterocycles. The Hall–Kier alpha value is -1.01. The summed E-state index contributed by atoms with van der Waals surface area (Å²) in [5, 5.41) is -0.167. The lowest BCUT2D eigenvalue weighted by Crippen LogP contribution is -1.99. The average Bonchev–Trinajstić information content (AvgIpc) is 1.88. The molecular weight excluding hydrogens is 154 g/mol. The summed E-state index contributed by atoms with van der Waals surface area (Å²) in [7, 11) is 0. The predicted octanol–water partition coefficient (Wildman–Crippen LogP) is -0.361. The third-order valence-electron chi connectivity index (χ3n) is 0.811. The fraction of sp³-hybridized carbons (Fsp3) is 0. The highest BCUT2D eigenvalue weighted by molar-refractivity contribution is 7.79. The first-order valence-electron chi connectivity index (χ1n) is 2.39. The van der Waals surface area contributed by atoms with Gasteiger partial charge in [0.05, 0.1) is 0 Å².